The van der Waals surface area contributed by atoms with Gasteiger partial charge in [-0.3, -0.25) is 14.3 Å². The number of piperidine rings is 1. The second-order valence-electron chi connectivity index (χ2n) is 8.62. The Morgan fingerprint density at radius 3 is 2.76 bits per heavy atom. The number of benzene rings is 1. The third kappa shape index (κ3) is 3.25. The van der Waals surface area contributed by atoms with Crippen LogP contribution in [0.15, 0.2) is 39.6 Å². The topological polar surface area (TPSA) is 147 Å². The zero-order valence-electron chi connectivity index (χ0n) is 18.9. The number of nitrogen functional groups attached to an aromatic ring is 1. The average molecular weight is 457 g/mol. The molecule has 0 atom stereocenters. The maximum atomic E-state index is 12.6. The Hall–Kier alpha value is -4.39. The zero-order chi connectivity index (χ0) is 24.1. The SMILES string of the molecule is C=C(C#N)C(=O)N1CCC(n2nc3c(=O)[nH]nc(N)c3c2-c2oc3ccc(C)cc3c2C)CC1. The molecule has 0 spiro atoms. The highest BCUT2D eigenvalue weighted by Crippen LogP contribution is 2.40. The predicted octanol–water partition coefficient (Wildman–Crippen LogP) is 2.98. The van der Waals surface area contributed by atoms with Crippen molar-refractivity contribution in [3.05, 3.63) is 51.8 Å². The van der Waals surface area contributed by atoms with Gasteiger partial charge in [0.25, 0.3) is 11.5 Å². The first-order valence-electron chi connectivity index (χ1n) is 10.9. The molecule has 4 aromatic rings. The second-order valence-corrected chi connectivity index (χ2v) is 8.62. The number of nitriles is 1. The van der Waals surface area contributed by atoms with E-state index in [0.29, 0.717) is 42.8 Å². The highest BCUT2D eigenvalue weighted by atomic mass is 16.3. The molecule has 5 rings (SSSR count). The number of aryl methyl sites for hydroxylation is 2. The third-order valence-electron chi connectivity index (χ3n) is 6.46. The normalized spacial score (nSPS) is 14.6. The van der Waals surface area contributed by atoms with E-state index < -0.39 is 5.56 Å². The molecule has 34 heavy (non-hydrogen) atoms. The van der Waals surface area contributed by atoms with Crippen LogP contribution in [0.5, 0.6) is 0 Å². The lowest BCUT2D eigenvalue weighted by atomic mass is 10.0. The van der Waals surface area contributed by atoms with Crippen molar-refractivity contribution in [2.75, 3.05) is 18.8 Å². The van der Waals surface area contributed by atoms with Crippen molar-refractivity contribution in [2.45, 2.75) is 32.7 Å². The molecule has 172 valence electrons. The van der Waals surface area contributed by atoms with E-state index >= 15 is 0 Å². The lowest BCUT2D eigenvalue weighted by molar-refractivity contribution is -0.127. The number of carbonyl (C=O) groups excluding carboxylic acids is 1. The van der Waals surface area contributed by atoms with E-state index in [-0.39, 0.29) is 28.9 Å². The fraction of sp³-hybridized carbons (Fsp3) is 0.292. The van der Waals surface area contributed by atoms with Gasteiger partial charge in [0.05, 0.1) is 11.4 Å². The van der Waals surface area contributed by atoms with Gasteiger partial charge in [-0.2, -0.15) is 15.5 Å². The molecular formula is C24H23N7O3. The van der Waals surface area contributed by atoms with Crippen LogP contribution in [0.1, 0.15) is 30.0 Å². The zero-order valence-corrected chi connectivity index (χ0v) is 18.9. The molecule has 3 N–H and O–H groups in total. The van der Waals surface area contributed by atoms with Crippen LogP contribution in [0, 0.1) is 25.2 Å². The maximum Gasteiger partial charge on any atom is 0.292 e. The molecule has 1 amide bonds. The summed E-state index contributed by atoms with van der Waals surface area (Å²) in [6, 6.07) is 7.66. The van der Waals surface area contributed by atoms with Gasteiger partial charge in [0.1, 0.15) is 22.9 Å². The van der Waals surface area contributed by atoms with Crippen molar-refractivity contribution in [3.63, 3.8) is 0 Å². The molecule has 0 aliphatic carbocycles. The molecule has 10 heteroatoms. The Bertz CT molecular complexity index is 1580. The summed E-state index contributed by atoms with van der Waals surface area (Å²) in [5.41, 5.74) is 9.24. The van der Waals surface area contributed by atoms with Crippen LogP contribution in [0.4, 0.5) is 5.82 Å². The van der Waals surface area contributed by atoms with E-state index in [9.17, 15) is 9.59 Å². The minimum atomic E-state index is -0.438. The number of hydrogen-bond acceptors (Lipinski definition) is 7. The van der Waals surface area contributed by atoms with Crippen molar-refractivity contribution in [3.8, 4) is 17.5 Å². The quantitative estimate of drug-likeness (QED) is 0.355. The van der Waals surface area contributed by atoms with Gasteiger partial charge in [0.15, 0.2) is 17.1 Å². The number of aromatic amines is 1. The molecule has 0 radical (unpaired) electrons. The van der Waals surface area contributed by atoms with Gasteiger partial charge in [-0.25, -0.2) is 5.10 Å². The van der Waals surface area contributed by atoms with Crippen LogP contribution in [0.2, 0.25) is 0 Å². The number of amides is 1. The summed E-state index contributed by atoms with van der Waals surface area (Å²) in [4.78, 5) is 26.6. The number of furan rings is 1. The monoisotopic (exact) mass is 457 g/mol. The first kappa shape index (κ1) is 21.5. The number of nitrogens with one attached hydrogen (secondary N) is 1. The first-order chi connectivity index (χ1) is 16.3. The minimum absolute atomic E-state index is 0.0810. The number of anilines is 1. The summed E-state index contributed by atoms with van der Waals surface area (Å²) < 4.78 is 8.06. The summed E-state index contributed by atoms with van der Waals surface area (Å²) in [5, 5.41) is 21.4. The summed E-state index contributed by atoms with van der Waals surface area (Å²) in [7, 11) is 0. The highest BCUT2D eigenvalue weighted by Gasteiger charge is 2.31. The van der Waals surface area contributed by atoms with Crippen molar-refractivity contribution in [2.24, 2.45) is 0 Å². The first-order valence-corrected chi connectivity index (χ1v) is 10.9. The number of carbonyl (C=O) groups is 1. The molecule has 1 aromatic carbocycles. The predicted molar refractivity (Wildman–Crippen MR) is 127 cm³/mol. The molecule has 0 saturated carbocycles. The molecule has 0 bridgehead atoms. The van der Waals surface area contributed by atoms with E-state index in [1.54, 1.807) is 9.58 Å². The highest BCUT2D eigenvalue weighted by molar-refractivity contribution is 6.01. The molecule has 4 heterocycles. The summed E-state index contributed by atoms with van der Waals surface area (Å²) in [6.45, 7) is 8.37. The van der Waals surface area contributed by atoms with E-state index in [4.69, 9.17) is 15.4 Å². The van der Waals surface area contributed by atoms with Crippen LogP contribution in [-0.4, -0.2) is 43.9 Å². The van der Waals surface area contributed by atoms with Crippen LogP contribution in [0.25, 0.3) is 33.3 Å². The number of H-pyrrole nitrogens is 1. The number of fused-ring (bicyclic) bond motifs is 2. The fourth-order valence-electron chi connectivity index (χ4n) is 4.65. The van der Waals surface area contributed by atoms with Crippen LogP contribution in [0.3, 0.4) is 0 Å². The van der Waals surface area contributed by atoms with Crippen LogP contribution >= 0.6 is 0 Å². The van der Waals surface area contributed by atoms with Crippen molar-refractivity contribution < 1.29 is 9.21 Å². The fourth-order valence-corrected chi connectivity index (χ4v) is 4.65. The summed E-state index contributed by atoms with van der Waals surface area (Å²) >= 11 is 0. The Kier molecular flexibility index (Phi) is 4.97. The Morgan fingerprint density at radius 2 is 2.06 bits per heavy atom. The number of nitrogens with zero attached hydrogens (tertiary/aromatic N) is 5. The van der Waals surface area contributed by atoms with E-state index in [1.807, 2.05) is 32.0 Å². The van der Waals surface area contributed by atoms with Crippen molar-refractivity contribution in [1.29, 1.82) is 5.26 Å². The lowest BCUT2D eigenvalue weighted by Gasteiger charge is -2.32. The van der Waals surface area contributed by atoms with Crippen molar-refractivity contribution in [1.82, 2.24) is 24.9 Å². The molecule has 1 saturated heterocycles. The molecular weight excluding hydrogens is 434 g/mol. The smallest absolute Gasteiger partial charge is 0.292 e. The van der Waals surface area contributed by atoms with Gasteiger partial charge < -0.3 is 15.1 Å². The maximum absolute atomic E-state index is 12.6. The average Bonchev–Trinajstić information content (AvgIpc) is 3.39. The van der Waals surface area contributed by atoms with E-state index in [0.717, 1.165) is 22.1 Å². The molecule has 1 aliphatic heterocycles. The minimum Gasteiger partial charge on any atom is -0.454 e. The Labute approximate surface area is 194 Å². The third-order valence-corrected chi connectivity index (χ3v) is 6.46. The van der Waals surface area contributed by atoms with Gasteiger partial charge in [0, 0.05) is 24.0 Å². The number of nitrogens with two attached hydrogens (primary N) is 1. The second kappa shape index (κ2) is 7.88. The van der Waals surface area contributed by atoms with E-state index in [2.05, 4.69) is 27.9 Å². The summed E-state index contributed by atoms with van der Waals surface area (Å²) in [5.74, 6) is 0.378. The lowest BCUT2D eigenvalue weighted by Crippen LogP contribution is -2.39. The van der Waals surface area contributed by atoms with Gasteiger partial charge in [-0.1, -0.05) is 18.2 Å². The van der Waals surface area contributed by atoms with Crippen molar-refractivity contribution >= 4 is 33.6 Å². The largest absolute Gasteiger partial charge is 0.454 e. The molecule has 0 unspecified atom stereocenters. The van der Waals surface area contributed by atoms with Gasteiger partial charge in [-0.05, 0) is 38.8 Å². The van der Waals surface area contributed by atoms with Gasteiger partial charge in [0.2, 0.25) is 0 Å². The van der Waals surface area contributed by atoms with E-state index in [1.165, 1.54) is 0 Å². The number of rotatable bonds is 3. The molecule has 1 fully saturated rings. The van der Waals surface area contributed by atoms with Gasteiger partial charge in [-0.15, -0.1) is 0 Å². The standard InChI is InChI=1S/C24H23N7O3/c1-12-4-5-17-16(10-12)14(3)21(34-17)20-18-19(23(32)28-27-22(18)26)29-31(20)15-6-8-30(9-7-15)24(33)13(2)11-25/h4-5,10,15H,2,6-9H2,1,3H3,(H2,26,27)(H,28,32). The molecule has 1 aliphatic rings. The molecule has 10 nitrogen and oxygen atoms in total. The number of aromatic nitrogens is 4. The Morgan fingerprint density at radius 1 is 1.32 bits per heavy atom. The number of likely N-dealkylation sites (tertiary alicyclic amines) is 1. The van der Waals surface area contributed by atoms with Crippen LogP contribution < -0.4 is 11.3 Å². The van der Waals surface area contributed by atoms with Crippen LogP contribution in [-0.2, 0) is 4.79 Å². The van der Waals surface area contributed by atoms with Gasteiger partial charge >= 0.3 is 0 Å². The number of hydrogen-bond donors (Lipinski definition) is 2. The summed E-state index contributed by atoms with van der Waals surface area (Å²) in [6.07, 6.45) is 1.16. The molecule has 3 aromatic heterocycles. The Balaban J connectivity index is 1.65.